The zero-order chi connectivity index (χ0) is 19.3. The van der Waals surface area contributed by atoms with Gasteiger partial charge in [0.15, 0.2) is 11.5 Å². The fraction of sp³-hybridized carbons (Fsp3) is 0.368. The number of halogens is 1. The molecule has 0 radical (unpaired) electrons. The van der Waals surface area contributed by atoms with Crippen molar-refractivity contribution < 1.29 is 19.1 Å². The summed E-state index contributed by atoms with van der Waals surface area (Å²) in [6.07, 6.45) is 7.77. The van der Waals surface area contributed by atoms with Crippen LogP contribution >= 0.6 is 27.7 Å². The number of benzene rings is 1. The monoisotopic (exact) mass is 437 g/mol. The van der Waals surface area contributed by atoms with E-state index in [9.17, 15) is 9.59 Å². The maximum atomic E-state index is 12.3. The van der Waals surface area contributed by atoms with Crippen molar-refractivity contribution in [1.29, 1.82) is 0 Å². The van der Waals surface area contributed by atoms with Crippen molar-refractivity contribution >= 4 is 44.9 Å². The average Bonchev–Trinajstić information content (AvgIpc) is 2.86. The van der Waals surface area contributed by atoms with Crippen LogP contribution in [0.5, 0.6) is 11.5 Å². The average molecular weight is 438 g/mol. The number of nitrogens with zero attached hydrogens (tertiary/aromatic N) is 1. The molecule has 2 rings (SSSR count). The van der Waals surface area contributed by atoms with E-state index < -0.39 is 0 Å². The molecule has 0 unspecified atom stereocenters. The Balaban J connectivity index is 2.37. The van der Waals surface area contributed by atoms with E-state index >= 15 is 0 Å². The summed E-state index contributed by atoms with van der Waals surface area (Å²) in [4.78, 5) is 25.6. The van der Waals surface area contributed by atoms with E-state index in [2.05, 4.69) is 21.9 Å². The smallest absolute Gasteiger partial charge is 0.294 e. The Labute approximate surface area is 166 Å². The van der Waals surface area contributed by atoms with Gasteiger partial charge in [-0.05, 0) is 71.7 Å². The molecule has 1 aliphatic rings. The number of carbonyl (C=O) groups excluding carboxylic acids is 2. The van der Waals surface area contributed by atoms with Crippen LogP contribution in [0.4, 0.5) is 4.79 Å². The van der Waals surface area contributed by atoms with Crippen LogP contribution in [0.3, 0.4) is 0 Å². The van der Waals surface area contributed by atoms with Gasteiger partial charge in [0.05, 0.1) is 28.6 Å². The summed E-state index contributed by atoms with van der Waals surface area (Å²) < 4.78 is 12.4. The zero-order valence-electron chi connectivity index (χ0n) is 14.9. The number of ether oxygens (including phenoxy) is 2. The number of hydrogen-bond donors (Lipinski definition) is 0. The van der Waals surface area contributed by atoms with Crippen LogP contribution in [0, 0.1) is 12.3 Å². The second kappa shape index (κ2) is 9.15. The first-order valence-corrected chi connectivity index (χ1v) is 9.84. The van der Waals surface area contributed by atoms with Crippen LogP contribution < -0.4 is 9.47 Å². The standard InChI is InChI=1S/C19H20BrNO4S/c1-5-8-21-18(22)16(26-19(21)23)11-13-9-14(20)17(25-12(4)6-2)15(10-13)24-7-3/h1,9-12H,6-8H2,2-4H3/b16-11+/t12-/m0/s1. The first kappa shape index (κ1) is 20.4. The van der Waals surface area contributed by atoms with Crippen molar-refractivity contribution in [2.75, 3.05) is 13.2 Å². The van der Waals surface area contributed by atoms with Gasteiger partial charge in [-0.15, -0.1) is 6.42 Å². The second-order valence-electron chi connectivity index (χ2n) is 5.57. The highest BCUT2D eigenvalue weighted by Crippen LogP contribution is 2.40. The fourth-order valence-electron chi connectivity index (χ4n) is 2.21. The van der Waals surface area contributed by atoms with Crippen molar-refractivity contribution in [3.63, 3.8) is 0 Å². The van der Waals surface area contributed by atoms with Gasteiger partial charge in [0.2, 0.25) is 0 Å². The molecule has 7 heteroatoms. The minimum atomic E-state index is -0.382. The Morgan fingerprint density at radius 1 is 1.38 bits per heavy atom. The van der Waals surface area contributed by atoms with Gasteiger partial charge in [0, 0.05) is 0 Å². The Bertz CT molecular complexity index is 784. The lowest BCUT2D eigenvalue weighted by Crippen LogP contribution is -2.28. The third kappa shape index (κ3) is 4.63. The van der Waals surface area contributed by atoms with Crippen LogP contribution in [-0.2, 0) is 4.79 Å². The lowest BCUT2D eigenvalue weighted by Gasteiger charge is -2.18. The summed E-state index contributed by atoms with van der Waals surface area (Å²) in [6.45, 7) is 6.36. The maximum Gasteiger partial charge on any atom is 0.294 e. The van der Waals surface area contributed by atoms with Gasteiger partial charge in [-0.3, -0.25) is 14.5 Å². The van der Waals surface area contributed by atoms with Crippen molar-refractivity contribution in [1.82, 2.24) is 4.90 Å². The molecule has 0 spiro atoms. The molecule has 0 saturated carbocycles. The van der Waals surface area contributed by atoms with Gasteiger partial charge < -0.3 is 9.47 Å². The van der Waals surface area contributed by atoms with Gasteiger partial charge in [0.25, 0.3) is 11.1 Å². The Morgan fingerprint density at radius 3 is 2.73 bits per heavy atom. The first-order valence-electron chi connectivity index (χ1n) is 8.23. The van der Waals surface area contributed by atoms with Crippen LogP contribution in [0.15, 0.2) is 21.5 Å². The second-order valence-corrected chi connectivity index (χ2v) is 7.42. The Hall–Kier alpha value is -1.91. The van der Waals surface area contributed by atoms with Gasteiger partial charge >= 0.3 is 0 Å². The van der Waals surface area contributed by atoms with Gasteiger partial charge in [-0.1, -0.05) is 12.8 Å². The number of thioether (sulfide) groups is 1. The van der Waals surface area contributed by atoms with E-state index in [-0.39, 0.29) is 23.8 Å². The van der Waals surface area contributed by atoms with E-state index in [0.717, 1.165) is 33.1 Å². The summed E-state index contributed by atoms with van der Waals surface area (Å²) in [5.41, 5.74) is 0.725. The number of carbonyl (C=O) groups is 2. The number of terminal acetylenes is 1. The molecule has 1 heterocycles. The molecule has 0 bridgehead atoms. The number of imide groups is 1. The van der Waals surface area contributed by atoms with Crippen LogP contribution in [0.1, 0.15) is 32.8 Å². The van der Waals surface area contributed by atoms with Crippen molar-refractivity contribution in [2.45, 2.75) is 33.3 Å². The highest BCUT2D eigenvalue weighted by molar-refractivity contribution is 9.10. The highest BCUT2D eigenvalue weighted by Gasteiger charge is 2.34. The quantitative estimate of drug-likeness (QED) is 0.457. The molecular formula is C19H20BrNO4S. The molecule has 5 nitrogen and oxygen atoms in total. The van der Waals surface area contributed by atoms with Crippen LogP contribution in [0.2, 0.25) is 0 Å². The van der Waals surface area contributed by atoms with Crippen molar-refractivity contribution in [2.24, 2.45) is 0 Å². The molecular weight excluding hydrogens is 418 g/mol. The van der Waals surface area contributed by atoms with Crippen LogP contribution in [-0.4, -0.2) is 35.3 Å². The molecule has 0 aliphatic carbocycles. The molecule has 1 aromatic carbocycles. The van der Waals surface area contributed by atoms with Crippen molar-refractivity contribution in [3.8, 4) is 23.8 Å². The molecule has 1 aliphatic heterocycles. The fourth-order valence-corrected chi connectivity index (χ4v) is 3.60. The largest absolute Gasteiger partial charge is 0.490 e. The molecule has 1 saturated heterocycles. The van der Waals surface area contributed by atoms with E-state index in [4.69, 9.17) is 15.9 Å². The third-order valence-electron chi connectivity index (χ3n) is 3.65. The highest BCUT2D eigenvalue weighted by atomic mass is 79.9. The zero-order valence-corrected chi connectivity index (χ0v) is 17.3. The SMILES string of the molecule is C#CCN1C(=O)S/C(=C/c2cc(Br)c(O[C@@H](C)CC)c(OCC)c2)C1=O. The van der Waals surface area contributed by atoms with Crippen LogP contribution in [0.25, 0.3) is 6.08 Å². The summed E-state index contributed by atoms with van der Waals surface area (Å²) in [7, 11) is 0. The lowest BCUT2D eigenvalue weighted by atomic mass is 10.1. The number of amides is 2. The van der Waals surface area contributed by atoms with Gasteiger partial charge in [-0.25, -0.2) is 0 Å². The summed E-state index contributed by atoms with van der Waals surface area (Å²) in [6, 6.07) is 3.62. The third-order valence-corrected chi connectivity index (χ3v) is 5.14. The maximum absolute atomic E-state index is 12.3. The molecule has 1 fully saturated rings. The summed E-state index contributed by atoms with van der Waals surface area (Å²) >= 11 is 4.38. The molecule has 2 amide bonds. The predicted molar refractivity (Wildman–Crippen MR) is 107 cm³/mol. The molecule has 0 aromatic heterocycles. The van der Waals surface area contributed by atoms with Crippen molar-refractivity contribution in [3.05, 3.63) is 27.1 Å². The van der Waals surface area contributed by atoms with Gasteiger partial charge in [-0.2, -0.15) is 0 Å². The molecule has 138 valence electrons. The lowest BCUT2D eigenvalue weighted by molar-refractivity contribution is -0.122. The van der Waals surface area contributed by atoms with Gasteiger partial charge in [0.1, 0.15) is 0 Å². The van der Waals surface area contributed by atoms with E-state index in [1.807, 2.05) is 26.8 Å². The van der Waals surface area contributed by atoms with E-state index in [1.54, 1.807) is 12.1 Å². The normalized spacial score (nSPS) is 16.7. The molecule has 26 heavy (non-hydrogen) atoms. The minimum Gasteiger partial charge on any atom is -0.490 e. The minimum absolute atomic E-state index is 0.0302. The van der Waals surface area contributed by atoms with E-state index in [1.165, 1.54) is 0 Å². The topological polar surface area (TPSA) is 55.8 Å². The Kier molecular flexibility index (Phi) is 7.18. The van der Waals surface area contributed by atoms with E-state index in [0.29, 0.717) is 23.0 Å². The summed E-state index contributed by atoms with van der Waals surface area (Å²) in [5.74, 6) is 3.14. The number of hydrogen-bond acceptors (Lipinski definition) is 5. The molecule has 1 aromatic rings. The Morgan fingerprint density at radius 2 is 2.12 bits per heavy atom. The molecule has 1 atom stereocenters. The first-order chi connectivity index (χ1) is 12.4. The predicted octanol–water partition coefficient (Wildman–Crippen LogP) is 4.69. The summed E-state index contributed by atoms with van der Waals surface area (Å²) in [5, 5.41) is -0.361. The number of rotatable bonds is 7. The molecule has 0 N–H and O–H groups in total.